The average molecular weight is 238 g/mol. The zero-order valence-corrected chi connectivity index (χ0v) is 13.2. The third-order valence-electron chi connectivity index (χ3n) is 1.02. The summed E-state index contributed by atoms with van der Waals surface area (Å²) < 4.78 is 0. The van der Waals surface area contributed by atoms with Gasteiger partial charge in [0.15, 0.2) is 0 Å². The molecule has 1 aromatic carbocycles. The summed E-state index contributed by atoms with van der Waals surface area (Å²) in [5, 5.41) is 0. The van der Waals surface area contributed by atoms with Gasteiger partial charge in [-0.15, -0.1) is 0 Å². The van der Waals surface area contributed by atoms with E-state index in [-0.39, 0.29) is 0 Å². The molecule has 0 amide bonds. The van der Waals surface area contributed by atoms with Crippen molar-refractivity contribution in [3.05, 3.63) is 36.4 Å². The average Bonchev–Trinajstić information content (AvgIpc) is 3.24. The first-order chi connectivity index (χ1) is 8.23. The maximum absolute atomic E-state index is 2.17. The molecule has 2 rings (SSSR count). The van der Waals surface area contributed by atoms with Gasteiger partial charge in [0.05, 0.1) is 0 Å². The maximum Gasteiger partial charge on any atom is -0.0500 e. The van der Waals surface area contributed by atoms with Gasteiger partial charge in [0.25, 0.3) is 0 Å². The van der Waals surface area contributed by atoms with Gasteiger partial charge in [0, 0.05) is 0 Å². The Balaban J connectivity index is -0.000000157. The quantitative estimate of drug-likeness (QED) is 0.479. The Bertz CT molecular complexity index is 130. The molecule has 0 spiro atoms. The van der Waals surface area contributed by atoms with Crippen molar-refractivity contribution in [1.29, 1.82) is 0 Å². The van der Waals surface area contributed by atoms with Gasteiger partial charge in [0.2, 0.25) is 0 Å². The first-order valence-corrected chi connectivity index (χ1v) is 7.23. The molecule has 1 aliphatic rings. The molecule has 1 saturated carbocycles. The van der Waals surface area contributed by atoms with E-state index in [0.29, 0.717) is 0 Å². The second kappa shape index (κ2) is 24.4. The summed E-state index contributed by atoms with van der Waals surface area (Å²) in [6.07, 6.45) is 4.50. The molecule has 0 radical (unpaired) electrons. The van der Waals surface area contributed by atoms with Crippen LogP contribution in [0.25, 0.3) is 0 Å². The number of rotatable bonds is 0. The van der Waals surface area contributed by atoms with Gasteiger partial charge in [-0.25, -0.2) is 0 Å². The lowest BCUT2D eigenvalue weighted by Gasteiger charge is -1.79. The van der Waals surface area contributed by atoms with Crippen LogP contribution in [0.3, 0.4) is 0 Å². The molecule has 0 unspecified atom stereocenters. The molecule has 0 atom stereocenters. The summed E-state index contributed by atoms with van der Waals surface area (Å²) in [5.41, 5.74) is 0. The highest BCUT2D eigenvalue weighted by molar-refractivity contribution is 4.99. The Morgan fingerprint density at radius 2 is 0.647 bits per heavy atom. The van der Waals surface area contributed by atoms with E-state index in [9.17, 15) is 0 Å². The van der Waals surface area contributed by atoms with E-state index in [2.05, 4.69) is 20.8 Å². The number of hydrogen-bond acceptors (Lipinski definition) is 0. The van der Waals surface area contributed by atoms with Crippen molar-refractivity contribution in [1.82, 2.24) is 0 Å². The molecule has 0 aliphatic heterocycles. The van der Waals surface area contributed by atoms with Crippen LogP contribution in [0.4, 0.5) is 0 Å². The predicted molar refractivity (Wildman–Crippen MR) is 83.5 cm³/mol. The van der Waals surface area contributed by atoms with Gasteiger partial charge in [-0.2, -0.15) is 0 Å². The van der Waals surface area contributed by atoms with Crippen LogP contribution < -0.4 is 0 Å². The minimum atomic E-state index is 0.833. The minimum absolute atomic E-state index is 0.833. The fourth-order valence-corrected chi connectivity index (χ4v) is 0.385. The second-order valence-corrected chi connectivity index (χ2v) is 3.95. The van der Waals surface area contributed by atoms with E-state index in [1.807, 2.05) is 64.1 Å². The monoisotopic (exact) mass is 238 g/mol. The Hall–Kier alpha value is -0.780. The van der Waals surface area contributed by atoms with Crippen molar-refractivity contribution in [2.75, 3.05) is 0 Å². The summed E-state index contributed by atoms with van der Waals surface area (Å²) in [4.78, 5) is 0. The molecule has 0 aromatic heterocycles. The van der Waals surface area contributed by atoms with Gasteiger partial charge in [-0.05, 0) is 5.92 Å². The third kappa shape index (κ3) is 68.8. The van der Waals surface area contributed by atoms with Crippen LogP contribution in [0.5, 0.6) is 0 Å². The van der Waals surface area contributed by atoms with Crippen molar-refractivity contribution < 1.29 is 0 Å². The lowest BCUT2D eigenvalue weighted by Crippen LogP contribution is -1.66. The van der Waals surface area contributed by atoms with Crippen molar-refractivity contribution >= 4 is 0 Å². The molecule has 0 heterocycles. The van der Waals surface area contributed by atoms with Crippen molar-refractivity contribution in [2.45, 2.75) is 67.7 Å². The van der Waals surface area contributed by atoms with E-state index < -0.39 is 0 Å². The molecule has 0 N–H and O–H groups in total. The largest absolute Gasteiger partial charge is 0.0683 e. The highest BCUT2D eigenvalue weighted by Crippen LogP contribution is 2.14. The molecular formula is C17H34. The SMILES string of the molecule is C1CC1.CC.CC.CC(C)C.c1ccccc1. The predicted octanol–water partition coefficient (Wildman–Crippen LogP) is 6.57. The summed E-state index contributed by atoms with van der Waals surface area (Å²) in [5.74, 6) is 0.833. The normalized spacial score (nSPS) is 9.88. The van der Waals surface area contributed by atoms with Crippen molar-refractivity contribution in [3.8, 4) is 0 Å². The molecule has 1 aromatic rings. The molecule has 17 heavy (non-hydrogen) atoms. The van der Waals surface area contributed by atoms with Crippen molar-refractivity contribution in [2.24, 2.45) is 5.92 Å². The molecule has 0 saturated heterocycles. The van der Waals surface area contributed by atoms with Crippen LogP contribution in [0.2, 0.25) is 0 Å². The van der Waals surface area contributed by atoms with E-state index in [1.165, 1.54) is 19.3 Å². The molecule has 0 heteroatoms. The summed E-state index contributed by atoms with van der Waals surface area (Å²) in [7, 11) is 0. The smallest absolute Gasteiger partial charge is 0.0500 e. The molecule has 0 nitrogen and oxygen atoms in total. The Labute approximate surface area is 110 Å². The minimum Gasteiger partial charge on any atom is -0.0683 e. The zero-order chi connectivity index (χ0) is 13.9. The first kappa shape index (κ1) is 21.5. The fraction of sp³-hybridized carbons (Fsp3) is 0.647. The van der Waals surface area contributed by atoms with Crippen LogP contribution >= 0.6 is 0 Å². The molecule has 0 bridgehead atoms. The molecule has 102 valence electrons. The van der Waals surface area contributed by atoms with Gasteiger partial charge < -0.3 is 0 Å². The Morgan fingerprint density at radius 3 is 0.706 bits per heavy atom. The van der Waals surface area contributed by atoms with Crippen LogP contribution in [-0.4, -0.2) is 0 Å². The molecule has 1 aliphatic carbocycles. The molecule has 1 fully saturated rings. The standard InChI is InChI=1S/C6H6.C4H10.C3H6.2C2H6/c1-2-4-6-5-3-1;1-4(2)3;1-2-3-1;2*1-2/h1-6H;4H,1-3H3;1-3H2;2*1-2H3. The summed E-state index contributed by atoms with van der Waals surface area (Å²) >= 11 is 0. The maximum atomic E-state index is 2.17. The summed E-state index contributed by atoms with van der Waals surface area (Å²) in [6.45, 7) is 14.5. The van der Waals surface area contributed by atoms with Gasteiger partial charge in [0.1, 0.15) is 0 Å². The Morgan fingerprint density at radius 1 is 0.529 bits per heavy atom. The lowest BCUT2D eigenvalue weighted by atomic mass is 10.3. The van der Waals surface area contributed by atoms with Gasteiger partial charge >= 0.3 is 0 Å². The van der Waals surface area contributed by atoms with Gasteiger partial charge in [-0.3, -0.25) is 0 Å². The Kier molecular flexibility index (Phi) is 30.9. The molecular weight excluding hydrogens is 204 g/mol. The zero-order valence-electron chi connectivity index (χ0n) is 13.2. The van der Waals surface area contributed by atoms with Crippen LogP contribution in [0, 0.1) is 5.92 Å². The second-order valence-electron chi connectivity index (χ2n) is 3.95. The van der Waals surface area contributed by atoms with E-state index in [1.54, 1.807) is 0 Å². The van der Waals surface area contributed by atoms with E-state index in [0.717, 1.165) is 5.92 Å². The highest BCUT2D eigenvalue weighted by atomic mass is 14.0. The third-order valence-corrected chi connectivity index (χ3v) is 1.02. The van der Waals surface area contributed by atoms with E-state index >= 15 is 0 Å². The number of benzene rings is 1. The van der Waals surface area contributed by atoms with Crippen LogP contribution in [-0.2, 0) is 0 Å². The van der Waals surface area contributed by atoms with Crippen LogP contribution in [0.1, 0.15) is 67.7 Å². The van der Waals surface area contributed by atoms with Crippen molar-refractivity contribution in [3.63, 3.8) is 0 Å². The topological polar surface area (TPSA) is 0 Å². The lowest BCUT2D eigenvalue weighted by molar-refractivity contribution is 0.737. The van der Waals surface area contributed by atoms with Gasteiger partial charge in [-0.1, -0.05) is 104 Å². The van der Waals surface area contributed by atoms with Crippen LogP contribution in [0.15, 0.2) is 36.4 Å². The van der Waals surface area contributed by atoms with E-state index in [4.69, 9.17) is 0 Å². The highest BCUT2D eigenvalue weighted by Gasteiger charge is 1.95. The number of hydrogen-bond donors (Lipinski definition) is 0. The fourth-order valence-electron chi connectivity index (χ4n) is 0.385. The first-order valence-electron chi connectivity index (χ1n) is 7.23. The summed E-state index contributed by atoms with van der Waals surface area (Å²) in [6, 6.07) is 12.0.